The number of methoxy groups -OCH3 is 2. The van der Waals surface area contributed by atoms with Crippen molar-refractivity contribution in [3.05, 3.63) is 78.8 Å². The first-order chi connectivity index (χ1) is 18.7. The zero-order valence-corrected chi connectivity index (χ0v) is 20.4. The van der Waals surface area contributed by atoms with Crippen LogP contribution in [-0.2, 0) is 4.79 Å². The summed E-state index contributed by atoms with van der Waals surface area (Å²) in [4.78, 5) is 24.6. The summed E-state index contributed by atoms with van der Waals surface area (Å²) in [6, 6.07) is 4.08. The van der Waals surface area contributed by atoms with Gasteiger partial charge in [0.25, 0.3) is 0 Å². The molecule has 0 aliphatic heterocycles. The number of anilines is 3. The van der Waals surface area contributed by atoms with E-state index in [0.29, 0.717) is 11.5 Å². The maximum absolute atomic E-state index is 15.3. The van der Waals surface area contributed by atoms with Gasteiger partial charge in [-0.05, 0) is 18.2 Å². The Kier molecular flexibility index (Phi) is 6.48. The second kappa shape index (κ2) is 9.93. The number of nitrogens with one attached hydrogen (secondary N) is 2. The fourth-order valence-corrected chi connectivity index (χ4v) is 4.03. The van der Waals surface area contributed by atoms with Crippen LogP contribution in [0.4, 0.5) is 34.9 Å². The lowest BCUT2D eigenvalue weighted by Gasteiger charge is -2.15. The number of rotatable bonds is 7. The van der Waals surface area contributed by atoms with Crippen molar-refractivity contribution in [3.63, 3.8) is 0 Å². The van der Waals surface area contributed by atoms with Crippen LogP contribution >= 0.6 is 0 Å². The molecular formula is C26H18F4N6O3. The summed E-state index contributed by atoms with van der Waals surface area (Å²) in [5, 5.41) is 5.31. The predicted molar refractivity (Wildman–Crippen MR) is 135 cm³/mol. The third-order valence-corrected chi connectivity index (χ3v) is 5.78. The summed E-state index contributed by atoms with van der Waals surface area (Å²) in [7, 11) is 2.48. The van der Waals surface area contributed by atoms with Crippen LogP contribution in [0.5, 0.6) is 11.5 Å². The first kappa shape index (κ1) is 25.4. The minimum Gasteiger partial charge on any atom is -0.494 e. The number of pyridine rings is 1. The van der Waals surface area contributed by atoms with Crippen molar-refractivity contribution in [3.8, 4) is 22.6 Å². The molecule has 5 rings (SSSR count). The van der Waals surface area contributed by atoms with Crippen LogP contribution in [0.3, 0.4) is 0 Å². The van der Waals surface area contributed by atoms with Gasteiger partial charge in [-0.15, -0.1) is 0 Å². The average molecular weight is 538 g/mol. The molecule has 0 spiro atoms. The molecule has 3 heterocycles. The normalized spacial score (nSPS) is 11.0. The molecule has 0 unspecified atom stereocenters. The number of fused-ring (bicyclic) bond motifs is 3. The van der Waals surface area contributed by atoms with Crippen LogP contribution in [0, 0.1) is 23.3 Å². The Bertz CT molecular complexity index is 1760. The smallest absolute Gasteiger partial charge is 0.247 e. The molecule has 39 heavy (non-hydrogen) atoms. The molecule has 0 aliphatic carbocycles. The third kappa shape index (κ3) is 4.43. The molecule has 0 radical (unpaired) electrons. The molecule has 0 atom stereocenters. The monoisotopic (exact) mass is 538 g/mol. The first-order valence-corrected chi connectivity index (χ1v) is 11.2. The highest BCUT2D eigenvalue weighted by molar-refractivity contribution is 6.01. The van der Waals surface area contributed by atoms with Crippen LogP contribution < -0.4 is 20.1 Å². The predicted octanol–water partition coefficient (Wildman–Crippen LogP) is 5.39. The number of amides is 1. The maximum Gasteiger partial charge on any atom is 0.247 e. The van der Waals surface area contributed by atoms with E-state index >= 15 is 8.78 Å². The lowest BCUT2D eigenvalue weighted by molar-refractivity contribution is -0.111. The second-order valence-electron chi connectivity index (χ2n) is 8.06. The topological polar surface area (TPSA) is 103 Å². The number of ether oxygens (including phenoxy) is 2. The van der Waals surface area contributed by atoms with E-state index in [1.54, 1.807) is 0 Å². The van der Waals surface area contributed by atoms with Crippen LogP contribution in [0.1, 0.15) is 0 Å². The minimum absolute atomic E-state index is 0.0722. The molecular weight excluding hydrogens is 520 g/mol. The molecule has 13 heteroatoms. The number of carbonyl (C=O) groups is 1. The molecule has 0 saturated carbocycles. The van der Waals surface area contributed by atoms with Gasteiger partial charge in [-0.1, -0.05) is 6.58 Å². The molecule has 1 amide bonds. The second-order valence-corrected chi connectivity index (χ2v) is 8.06. The Balaban J connectivity index is 1.66. The van der Waals surface area contributed by atoms with Crippen molar-refractivity contribution >= 4 is 39.9 Å². The number of carbonyl (C=O) groups excluding carboxylic acids is 1. The minimum atomic E-state index is -1.01. The summed E-state index contributed by atoms with van der Waals surface area (Å²) >= 11 is 0. The standard InChI is InChI=1S/C26H18F4N6O3/c1-4-19(37)33-16-9-13(27)8-15(28)23(16)34-26-32-11-12-7-14(25-31-5-6-36(25)24(12)35-26)20-21(29)17(38-2)10-18(39-3)22(20)30/h4-11H,1H2,2-3H3,(H,33,37)(H,32,34,35). The van der Waals surface area contributed by atoms with Crippen molar-refractivity contribution < 1.29 is 31.8 Å². The molecule has 0 fully saturated rings. The van der Waals surface area contributed by atoms with E-state index in [1.807, 2.05) is 0 Å². The quantitative estimate of drug-likeness (QED) is 0.212. The lowest BCUT2D eigenvalue weighted by atomic mass is 10.0. The Hall–Kier alpha value is -5.20. The van der Waals surface area contributed by atoms with E-state index in [1.165, 1.54) is 43.3 Å². The molecule has 0 bridgehead atoms. The van der Waals surface area contributed by atoms with Crippen molar-refractivity contribution in [2.75, 3.05) is 24.9 Å². The zero-order chi connectivity index (χ0) is 27.8. The van der Waals surface area contributed by atoms with Crippen molar-refractivity contribution in [2.45, 2.75) is 0 Å². The highest BCUT2D eigenvalue weighted by Crippen LogP contribution is 2.40. The largest absolute Gasteiger partial charge is 0.494 e. The molecule has 0 saturated heterocycles. The number of benzene rings is 2. The highest BCUT2D eigenvalue weighted by Gasteiger charge is 2.25. The average Bonchev–Trinajstić information content (AvgIpc) is 3.41. The maximum atomic E-state index is 15.3. The van der Waals surface area contributed by atoms with Crippen molar-refractivity contribution in [1.82, 2.24) is 19.4 Å². The summed E-state index contributed by atoms with van der Waals surface area (Å²) < 4.78 is 70.6. The SMILES string of the molecule is C=CC(=O)Nc1cc(F)cc(F)c1Nc1ncc2cc(-c3c(F)c(OC)cc(OC)c3F)c3nccn3c2n1. The van der Waals surface area contributed by atoms with Gasteiger partial charge >= 0.3 is 0 Å². The molecule has 2 N–H and O–H groups in total. The Labute approximate surface area is 217 Å². The van der Waals surface area contributed by atoms with Crippen LogP contribution in [0.2, 0.25) is 0 Å². The van der Waals surface area contributed by atoms with E-state index in [2.05, 4.69) is 32.2 Å². The van der Waals surface area contributed by atoms with Gasteiger partial charge < -0.3 is 20.1 Å². The Morgan fingerprint density at radius 1 is 1.00 bits per heavy atom. The summed E-state index contributed by atoms with van der Waals surface area (Å²) in [6.45, 7) is 3.32. The molecule has 3 aromatic heterocycles. The molecule has 9 nitrogen and oxygen atoms in total. The summed E-state index contributed by atoms with van der Waals surface area (Å²) in [5.74, 6) is -5.12. The number of imidazole rings is 1. The number of nitrogens with zero attached hydrogens (tertiary/aromatic N) is 4. The lowest BCUT2D eigenvalue weighted by Crippen LogP contribution is -2.11. The van der Waals surface area contributed by atoms with Crippen LogP contribution in [-0.4, -0.2) is 39.5 Å². The Morgan fingerprint density at radius 3 is 2.38 bits per heavy atom. The van der Waals surface area contributed by atoms with Crippen molar-refractivity contribution in [2.24, 2.45) is 0 Å². The van der Waals surface area contributed by atoms with Crippen molar-refractivity contribution in [1.29, 1.82) is 0 Å². The van der Waals surface area contributed by atoms with E-state index in [-0.39, 0.29) is 45.7 Å². The van der Waals surface area contributed by atoms with Gasteiger partial charge in [-0.2, -0.15) is 4.98 Å². The van der Waals surface area contributed by atoms with E-state index in [0.717, 1.165) is 18.2 Å². The fourth-order valence-electron chi connectivity index (χ4n) is 4.03. The number of aromatic nitrogens is 4. The van der Waals surface area contributed by atoms with Gasteiger partial charge in [0.2, 0.25) is 11.9 Å². The number of hydrogen-bond acceptors (Lipinski definition) is 7. The van der Waals surface area contributed by atoms with E-state index in [9.17, 15) is 13.6 Å². The zero-order valence-electron chi connectivity index (χ0n) is 20.4. The van der Waals surface area contributed by atoms with Crippen LogP contribution in [0.25, 0.3) is 27.8 Å². The molecule has 2 aromatic carbocycles. The van der Waals surface area contributed by atoms with Crippen LogP contribution in [0.15, 0.2) is 55.5 Å². The molecule has 198 valence electrons. The highest BCUT2D eigenvalue weighted by atomic mass is 19.1. The Morgan fingerprint density at radius 2 is 1.72 bits per heavy atom. The third-order valence-electron chi connectivity index (χ3n) is 5.78. The summed E-state index contributed by atoms with van der Waals surface area (Å²) in [5.41, 5.74) is -0.463. The van der Waals surface area contributed by atoms with Gasteiger partial charge in [0, 0.05) is 41.7 Å². The summed E-state index contributed by atoms with van der Waals surface area (Å²) in [6.07, 6.45) is 5.20. The van der Waals surface area contributed by atoms with E-state index in [4.69, 9.17) is 9.47 Å². The molecule has 5 aromatic rings. The van der Waals surface area contributed by atoms with E-state index < -0.39 is 34.7 Å². The van der Waals surface area contributed by atoms with Gasteiger partial charge in [0.05, 0.1) is 25.5 Å². The fraction of sp³-hybridized carbons (Fsp3) is 0.0769. The number of hydrogen-bond donors (Lipinski definition) is 2. The molecule has 0 aliphatic rings. The first-order valence-electron chi connectivity index (χ1n) is 11.2. The van der Waals surface area contributed by atoms with Gasteiger partial charge in [0.1, 0.15) is 17.2 Å². The van der Waals surface area contributed by atoms with Gasteiger partial charge in [-0.3, -0.25) is 9.20 Å². The number of halogens is 4. The van der Waals surface area contributed by atoms with Gasteiger partial charge in [0.15, 0.2) is 34.6 Å². The van der Waals surface area contributed by atoms with Gasteiger partial charge in [-0.25, -0.2) is 27.5 Å².